The standard InChI is InChI=1S/C13H18ClN/c1-9-7-12(9)13(15-2)8-10-3-5-11(14)6-4-10/h3-6,9,12-13,15H,7-8H2,1-2H3. The molecular weight excluding hydrogens is 206 g/mol. The van der Waals surface area contributed by atoms with Gasteiger partial charge in [0.1, 0.15) is 0 Å². The molecule has 82 valence electrons. The van der Waals surface area contributed by atoms with Crippen molar-refractivity contribution < 1.29 is 0 Å². The molecule has 0 spiro atoms. The van der Waals surface area contributed by atoms with E-state index < -0.39 is 0 Å². The second kappa shape index (κ2) is 4.54. The molecule has 0 bridgehead atoms. The number of benzene rings is 1. The highest BCUT2D eigenvalue weighted by Crippen LogP contribution is 2.41. The second-order valence-electron chi connectivity index (χ2n) is 4.60. The van der Waals surface area contributed by atoms with Gasteiger partial charge in [0.25, 0.3) is 0 Å². The molecule has 0 radical (unpaired) electrons. The molecular formula is C13H18ClN. The topological polar surface area (TPSA) is 12.0 Å². The third-order valence-electron chi connectivity index (χ3n) is 3.43. The fourth-order valence-corrected chi connectivity index (χ4v) is 2.38. The van der Waals surface area contributed by atoms with Gasteiger partial charge in [-0.3, -0.25) is 0 Å². The lowest BCUT2D eigenvalue weighted by Gasteiger charge is -2.15. The summed E-state index contributed by atoms with van der Waals surface area (Å²) in [6, 6.07) is 8.82. The summed E-state index contributed by atoms with van der Waals surface area (Å²) in [5.74, 6) is 1.76. The minimum absolute atomic E-state index is 0.626. The molecule has 1 aromatic carbocycles. The van der Waals surface area contributed by atoms with Gasteiger partial charge in [0.15, 0.2) is 0 Å². The molecule has 0 amide bonds. The third kappa shape index (κ3) is 2.73. The summed E-state index contributed by atoms with van der Waals surface area (Å²) < 4.78 is 0. The lowest BCUT2D eigenvalue weighted by molar-refractivity contribution is 0.479. The van der Waals surface area contributed by atoms with Crippen LogP contribution in [-0.2, 0) is 6.42 Å². The lowest BCUT2D eigenvalue weighted by atomic mass is 10.0. The van der Waals surface area contributed by atoms with E-state index in [2.05, 4.69) is 31.4 Å². The minimum Gasteiger partial charge on any atom is -0.316 e. The van der Waals surface area contributed by atoms with Gasteiger partial charge in [-0.25, -0.2) is 0 Å². The summed E-state index contributed by atoms with van der Waals surface area (Å²) in [5, 5.41) is 4.24. The van der Waals surface area contributed by atoms with E-state index >= 15 is 0 Å². The molecule has 2 heteroatoms. The van der Waals surface area contributed by atoms with Crippen LogP contribution < -0.4 is 5.32 Å². The number of hydrogen-bond donors (Lipinski definition) is 1. The van der Waals surface area contributed by atoms with Crippen LogP contribution in [0.25, 0.3) is 0 Å². The number of likely N-dealkylation sites (N-methyl/N-ethyl adjacent to an activating group) is 1. The summed E-state index contributed by atoms with van der Waals surface area (Å²) in [6.07, 6.45) is 2.49. The molecule has 3 atom stereocenters. The van der Waals surface area contributed by atoms with Gasteiger partial charge < -0.3 is 5.32 Å². The van der Waals surface area contributed by atoms with Crippen molar-refractivity contribution in [2.24, 2.45) is 11.8 Å². The molecule has 0 heterocycles. The van der Waals surface area contributed by atoms with Crippen molar-refractivity contribution in [3.63, 3.8) is 0 Å². The zero-order valence-electron chi connectivity index (χ0n) is 9.33. The molecule has 1 nitrogen and oxygen atoms in total. The highest BCUT2D eigenvalue weighted by Gasteiger charge is 2.38. The van der Waals surface area contributed by atoms with Gasteiger partial charge in [0.2, 0.25) is 0 Å². The first kappa shape index (κ1) is 11.0. The van der Waals surface area contributed by atoms with Crippen LogP contribution in [-0.4, -0.2) is 13.1 Å². The van der Waals surface area contributed by atoms with E-state index in [-0.39, 0.29) is 0 Å². The number of hydrogen-bond acceptors (Lipinski definition) is 1. The third-order valence-corrected chi connectivity index (χ3v) is 3.68. The first-order valence-electron chi connectivity index (χ1n) is 5.62. The normalized spacial score (nSPS) is 26.3. The Morgan fingerprint density at radius 3 is 2.47 bits per heavy atom. The predicted molar refractivity (Wildman–Crippen MR) is 65.3 cm³/mol. The van der Waals surface area contributed by atoms with Crippen LogP contribution in [0.3, 0.4) is 0 Å². The number of halogens is 1. The zero-order valence-corrected chi connectivity index (χ0v) is 10.1. The summed E-state index contributed by atoms with van der Waals surface area (Å²) in [5.41, 5.74) is 1.37. The molecule has 1 N–H and O–H groups in total. The van der Waals surface area contributed by atoms with Crippen LogP contribution in [0, 0.1) is 11.8 Å². The molecule has 15 heavy (non-hydrogen) atoms. The van der Waals surface area contributed by atoms with Crippen LogP contribution in [0.15, 0.2) is 24.3 Å². The number of nitrogens with one attached hydrogen (secondary N) is 1. The van der Waals surface area contributed by atoms with Crippen LogP contribution in [0.5, 0.6) is 0 Å². The maximum atomic E-state index is 5.86. The largest absolute Gasteiger partial charge is 0.316 e. The Kier molecular flexibility index (Phi) is 3.32. The average Bonchev–Trinajstić information content (AvgIpc) is 2.95. The molecule has 1 fully saturated rings. The quantitative estimate of drug-likeness (QED) is 0.827. The van der Waals surface area contributed by atoms with Crippen LogP contribution in [0.2, 0.25) is 5.02 Å². The molecule has 1 aromatic rings. The van der Waals surface area contributed by atoms with E-state index in [4.69, 9.17) is 11.6 Å². The van der Waals surface area contributed by atoms with E-state index in [9.17, 15) is 0 Å². The van der Waals surface area contributed by atoms with Gasteiger partial charge in [-0.1, -0.05) is 30.7 Å². The van der Waals surface area contributed by atoms with Crippen molar-refractivity contribution in [1.82, 2.24) is 5.32 Å². The van der Waals surface area contributed by atoms with Crippen molar-refractivity contribution in [3.05, 3.63) is 34.9 Å². The van der Waals surface area contributed by atoms with Crippen LogP contribution in [0.1, 0.15) is 18.9 Å². The fourth-order valence-electron chi connectivity index (χ4n) is 2.25. The highest BCUT2D eigenvalue weighted by atomic mass is 35.5. The highest BCUT2D eigenvalue weighted by molar-refractivity contribution is 6.30. The summed E-state index contributed by atoms with van der Waals surface area (Å²) in [6.45, 7) is 2.33. The second-order valence-corrected chi connectivity index (χ2v) is 5.04. The van der Waals surface area contributed by atoms with Gasteiger partial charge in [0.05, 0.1) is 0 Å². The summed E-state index contributed by atoms with van der Waals surface area (Å²) >= 11 is 5.86. The Morgan fingerprint density at radius 1 is 1.40 bits per heavy atom. The molecule has 1 aliphatic rings. The van der Waals surface area contributed by atoms with E-state index in [1.807, 2.05) is 12.1 Å². The lowest BCUT2D eigenvalue weighted by Crippen LogP contribution is -2.30. The maximum absolute atomic E-state index is 5.86. The smallest absolute Gasteiger partial charge is 0.0406 e. The number of rotatable bonds is 4. The van der Waals surface area contributed by atoms with E-state index in [1.54, 1.807) is 0 Å². The summed E-state index contributed by atoms with van der Waals surface area (Å²) in [4.78, 5) is 0. The monoisotopic (exact) mass is 223 g/mol. The van der Waals surface area contributed by atoms with Gasteiger partial charge in [-0.05, 0) is 49.4 Å². The Bertz CT molecular complexity index is 320. The maximum Gasteiger partial charge on any atom is 0.0406 e. The van der Waals surface area contributed by atoms with Gasteiger partial charge in [0, 0.05) is 11.1 Å². The Labute approximate surface area is 96.8 Å². The molecule has 0 aliphatic heterocycles. The molecule has 1 saturated carbocycles. The van der Waals surface area contributed by atoms with E-state index in [0.29, 0.717) is 6.04 Å². The first-order chi connectivity index (χ1) is 7.20. The Balaban J connectivity index is 1.97. The molecule has 1 aliphatic carbocycles. The molecule has 2 rings (SSSR count). The van der Waals surface area contributed by atoms with Crippen molar-refractivity contribution >= 4 is 11.6 Å². The van der Waals surface area contributed by atoms with Gasteiger partial charge in [-0.2, -0.15) is 0 Å². The summed E-state index contributed by atoms with van der Waals surface area (Å²) in [7, 11) is 2.06. The van der Waals surface area contributed by atoms with Crippen molar-refractivity contribution in [1.29, 1.82) is 0 Å². The minimum atomic E-state index is 0.626. The van der Waals surface area contributed by atoms with E-state index in [0.717, 1.165) is 23.3 Å². The van der Waals surface area contributed by atoms with Crippen molar-refractivity contribution in [2.75, 3.05) is 7.05 Å². The van der Waals surface area contributed by atoms with Crippen LogP contribution >= 0.6 is 11.6 Å². The van der Waals surface area contributed by atoms with Crippen molar-refractivity contribution in [2.45, 2.75) is 25.8 Å². The van der Waals surface area contributed by atoms with Crippen molar-refractivity contribution in [3.8, 4) is 0 Å². The van der Waals surface area contributed by atoms with E-state index in [1.165, 1.54) is 12.0 Å². The molecule has 0 aromatic heterocycles. The van der Waals surface area contributed by atoms with Gasteiger partial charge >= 0.3 is 0 Å². The first-order valence-corrected chi connectivity index (χ1v) is 6.00. The van der Waals surface area contributed by atoms with Gasteiger partial charge in [-0.15, -0.1) is 0 Å². The van der Waals surface area contributed by atoms with Crippen LogP contribution in [0.4, 0.5) is 0 Å². The molecule has 0 saturated heterocycles. The fraction of sp³-hybridized carbons (Fsp3) is 0.538. The molecule has 3 unspecified atom stereocenters. The predicted octanol–water partition coefficient (Wildman–Crippen LogP) is 3.13. The Hall–Kier alpha value is -0.530. The SMILES string of the molecule is CNC(Cc1ccc(Cl)cc1)C1CC1C. The zero-order chi connectivity index (χ0) is 10.8. The average molecular weight is 224 g/mol. The Morgan fingerprint density at radius 2 is 2.00 bits per heavy atom.